The molecule has 0 saturated heterocycles. The van der Waals surface area contributed by atoms with Crippen molar-refractivity contribution in [2.45, 2.75) is 98.4 Å². The smallest absolute Gasteiger partial charge is 0.408 e. The average Bonchev–Trinajstić information content (AvgIpc) is 2.89. The fourth-order valence-electron chi connectivity index (χ4n) is 4.66. The maximum absolute atomic E-state index is 14.5. The summed E-state index contributed by atoms with van der Waals surface area (Å²) in [4.78, 5) is 43.0. The van der Waals surface area contributed by atoms with Gasteiger partial charge in [-0.3, -0.25) is 9.59 Å². The van der Waals surface area contributed by atoms with Gasteiger partial charge in [0, 0.05) is 17.3 Å². The summed E-state index contributed by atoms with van der Waals surface area (Å²) in [5, 5.41) is 16.6. The number of benzene rings is 2. The highest BCUT2D eigenvalue weighted by molar-refractivity contribution is 5.99. The largest absolute Gasteiger partial charge is 0.508 e. The lowest BCUT2D eigenvalue weighted by Gasteiger charge is -2.39. The summed E-state index contributed by atoms with van der Waals surface area (Å²) in [6.07, 6.45) is 1.05. The standard InChI is InChI=1S/C33H49N3O6/c1-21(2)14-15-23(5)36(31(39)27(20-22(3)4)35-32(40)42-33(6,7)8)29(26-12-10-11-13-28(26)37)30(38)34-24-16-18-25(41-9)19-17-24/h10-13,16-19,21-23,27,29,37H,14-15,20H2,1-9H3,(H,34,38)(H,35,40). The molecule has 0 bridgehead atoms. The number of carbonyl (C=O) groups excluding carboxylic acids is 3. The highest BCUT2D eigenvalue weighted by Gasteiger charge is 2.40. The van der Waals surface area contributed by atoms with E-state index in [0.29, 0.717) is 30.2 Å². The number of phenolic OH excluding ortho intramolecular Hbond substituents is 1. The number of anilines is 1. The van der Waals surface area contributed by atoms with Gasteiger partial charge < -0.3 is 30.1 Å². The van der Waals surface area contributed by atoms with Gasteiger partial charge in [-0.1, -0.05) is 45.9 Å². The van der Waals surface area contributed by atoms with Gasteiger partial charge in [0.25, 0.3) is 5.91 Å². The summed E-state index contributed by atoms with van der Waals surface area (Å²) in [6, 6.07) is 10.8. The van der Waals surface area contributed by atoms with E-state index >= 15 is 0 Å². The number of carbonyl (C=O) groups is 3. The zero-order valence-electron chi connectivity index (χ0n) is 26.6. The second kappa shape index (κ2) is 15.5. The quantitative estimate of drug-likeness (QED) is 0.242. The van der Waals surface area contributed by atoms with Gasteiger partial charge in [0.05, 0.1) is 7.11 Å². The van der Waals surface area contributed by atoms with Gasteiger partial charge in [0.2, 0.25) is 5.91 Å². The summed E-state index contributed by atoms with van der Waals surface area (Å²) in [5.74, 6) is 0.0256. The third-order valence-corrected chi connectivity index (χ3v) is 6.70. The third kappa shape index (κ3) is 10.6. The minimum absolute atomic E-state index is 0.0541. The number of methoxy groups -OCH3 is 1. The molecule has 0 radical (unpaired) electrons. The molecule has 42 heavy (non-hydrogen) atoms. The maximum Gasteiger partial charge on any atom is 0.408 e. The van der Waals surface area contributed by atoms with Crippen molar-refractivity contribution >= 4 is 23.6 Å². The minimum Gasteiger partial charge on any atom is -0.508 e. The Hall–Kier alpha value is -3.75. The molecule has 0 saturated carbocycles. The Morgan fingerprint density at radius 3 is 2.05 bits per heavy atom. The first kappa shape index (κ1) is 34.5. The summed E-state index contributed by atoms with van der Waals surface area (Å²) in [5.41, 5.74) is 0.0407. The van der Waals surface area contributed by atoms with E-state index in [1.54, 1.807) is 70.3 Å². The van der Waals surface area contributed by atoms with E-state index in [2.05, 4.69) is 24.5 Å². The molecular weight excluding hydrogens is 534 g/mol. The molecule has 0 spiro atoms. The molecule has 2 aromatic carbocycles. The van der Waals surface area contributed by atoms with Crippen molar-refractivity contribution in [1.82, 2.24) is 10.2 Å². The Balaban J connectivity index is 2.63. The number of nitrogens with zero attached hydrogens (tertiary/aromatic N) is 1. The molecule has 0 aliphatic rings. The number of rotatable bonds is 13. The molecule has 9 heteroatoms. The number of hydrogen-bond donors (Lipinski definition) is 3. The lowest BCUT2D eigenvalue weighted by atomic mass is 9.95. The maximum atomic E-state index is 14.5. The van der Waals surface area contributed by atoms with Crippen LogP contribution >= 0.6 is 0 Å². The molecule has 0 heterocycles. The number of hydrogen-bond acceptors (Lipinski definition) is 6. The molecule has 0 aromatic heterocycles. The SMILES string of the molecule is COc1ccc(NC(=O)C(c2ccccc2O)N(C(=O)C(CC(C)C)NC(=O)OC(C)(C)C)C(C)CCC(C)C)cc1. The zero-order valence-corrected chi connectivity index (χ0v) is 26.6. The first-order valence-corrected chi connectivity index (χ1v) is 14.7. The van der Waals surface area contributed by atoms with Crippen LogP contribution in [0.15, 0.2) is 48.5 Å². The van der Waals surface area contributed by atoms with Crippen molar-refractivity contribution in [3.63, 3.8) is 0 Å². The highest BCUT2D eigenvalue weighted by Crippen LogP contribution is 2.34. The van der Waals surface area contributed by atoms with Crippen molar-refractivity contribution in [1.29, 1.82) is 0 Å². The van der Waals surface area contributed by atoms with Crippen LogP contribution in [0.3, 0.4) is 0 Å². The van der Waals surface area contributed by atoms with Crippen LogP contribution < -0.4 is 15.4 Å². The Bertz CT molecular complexity index is 1170. The lowest BCUT2D eigenvalue weighted by molar-refractivity contribution is -0.144. The van der Waals surface area contributed by atoms with Crippen LogP contribution in [0.1, 0.15) is 86.3 Å². The number of phenols is 1. The van der Waals surface area contributed by atoms with Crippen LogP contribution in [0, 0.1) is 11.8 Å². The summed E-state index contributed by atoms with van der Waals surface area (Å²) < 4.78 is 10.7. The summed E-state index contributed by atoms with van der Waals surface area (Å²) in [6.45, 7) is 15.3. The van der Waals surface area contributed by atoms with Gasteiger partial charge in [-0.15, -0.1) is 0 Å². The Morgan fingerprint density at radius 1 is 0.905 bits per heavy atom. The van der Waals surface area contributed by atoms with Gasteiger partial charge >= 0.3 is 6.09 Å². The molecule has 3 amide bonds. The second-order valence-corrected chi connectivity index (χ2v) is 12.6. The Labute approximate surface area is 251 Å². The molecule has 9 nitrogen and oxygen atoms in total. The topological polar surface area (TPSA) is 117 Å². The molecule has 0 fully saturated rings. The predicted octanol–water partition coefficient (Wildman–Crippen LogP) is 6.67. The lowest BCUT2D eigenvalue weighted by Crippen LogP contribution is -2.55. The van der Waals surface area contributed by atoms with E-state index in [-0.39, 0.29) is 17.2 Å². The first-order valence-electron chi connectivity index (χ1n) is 14.7. The monoisotopic (exact) mass is 583 g/mol. The van der Waals surface area contributed by atoms with E-state index in [4.69, 9.17) is 9.47 Å². The van der Waals surface area contributed by atoms with E-state index < -0.39 is 41.6 Å². The summed E-state index contributed by atoms with van der Waals surface area (Å²) >= 11 is 0. The first-order chi connectivity index (χ1) is 19.6. The van der Waals surface area contributed by atoms with E-state index in [0.717, 1.165) is 6.42 Å². The number of ether oxygens (including phenoxy) is 2. The van der Waals surface area contributed by atoms with Crippen molar-refractivity contribution in [2.75, 3.05) is 12.4 Å². The molecule has 3 N–H and O–H groups in total. The van der Waals surface area contributed by atoms with Crippen molar-refractivity contribution in [2.24, 2.45) is 11.8 Å². The van der Waals surface area contributed by atoms with Crippen molar-refractivity contribution < 1.29 is 29.0 Å². The van der Waals surface area contributed by atoms with Crippen molar-refractivity contribution in [3.8, 4) is 11.5 Å². The van der Waals surface area contributed by atoms with Crippen LogP contribution in [0.4, 0.5) is 10.5 Å². The molecule has 0 aliphatic heterocycles. The number of alkyl carbamates (subject to hydrolysis) is 1. The molecule has 232 valence electrons. The number of nitrogens with one attached hydrogen (secondary N) is 2. The normalized spacial score (nSPS) is 13.7. The highest BCUT2D eigenvalue weighted by atomic mass is 16.6. The van der Waals surface area contributed by atoms with Crippen molar-refractivity contribution in [3.05, 3.63) is 54.1 Å². The Kier molecular flexibility index (Phi) is 12.7. The van der Waals surface area contributed by atoms with Gasteiger partial charge in [-0.2, -0.15) is 0 Å². The molecular formula is C33H49N3O6. The van der Waals surface area contributed by atoms with Crippen LogP contribution in [0.25, 0.3) is 0 Å². The number of amides is 3. The molecule has 3 atom stereocenters. The number of para-hydroxylation sites is 1. The van der Waals surface area contributed by atoms with E-state index in [1.165, 1.54) is 11.0 Å². The molecule has 0 aliphatic carbocycles. The van der Waals surface area contributed by atoms with Crippen LogP contribution in [-0.2, 0) is 14.3 Å². The zero-order chi connectivity index (χ0) is 31.6. The minimum atomic E-state index is -1.18. The summed E-state index contributed by atoms with van der Waals surface area (Å²) in [7, 11) is 1.56. The van der Waals surface area contributed by atoms with Crippen LogP contribution in [0.5, 0.6) is 11.5 Å². The fraction of sp³-hybridized carbons (Fsp3) is 0.545. The molecule has 2 aromatic rings. The van der Waals surface area contributed by atoms with Gasteiger partial charge in [0.15, 0.2) is 0 Å². The number of aromatic hydroxyl groups is 1. The predicted molar refractivity (Wildman–Crippen MR) is 165 cm³/mol. The van der Waals surface area contributed by atoms with E-state index in [9.17, 15) is 19.5 Å². The Morgan fingerprint density at radius 2 is 1.52 bits per heavy atom. The fourth-order valence-corrected chi connectivity index (χ4v) is 4.66. The molecule has 3 unspecified atom stereocenters. The van der Waals surface area contributed by atoms with E-state index in [1.807, 2.05) is 20.8 Å². The van der Waals surface area contributed by atoms with Gasteiger partial charge in [-0.05, 0) is 89.1 Å². The molecule has 2 rings (SSSR count). The van der Waals surface area contributed by atoms with Crippen LogP contribution in [0.2, 0.25) is 0 Å². The third-order valence-electron chi connectivity index (χ3n) is 6.70. The van der Waals surface area contributed by atoms with Gasteiger partial charge in [0.1, 0.15) is 29.2 Å². The average molecular weight is 584 g/mol. The van der Waals surface area contributed by atoms with Crippen LogP contribution in [-0.4, -0.2) is 52.7 Å². The van der Waals surface area contributed by atoms with Gasteiger partial charge in [-0.25, -0.2) is 4.79 Å². The second-order valence-electron chi connectivity index (χ2n) is 12.6.